The molecule has 0 bridgehead atoms. The van der Waals surface area contributed by atoms with Crippen molar-refractivity contribution in [2.75, 3.05) is 25.0 Å². The Morgan fingerprint density at radius 1 is 1.32 bits per heavy atom. The van der Waals surface area contributed by atoms with Gasteiger partial charge in [0, 0.05) is 25.8 Å². The first-order valence-electron chi connectivity index (χ1n) is 7.63. The maximum absolute atomic E-state index is 12.1. The zero-order valence-corrected chi connectivity index (χ0v) is 12.5. The number of hydrogen-bond acceptors (Lipinski definition) is 5. The molecule has 1 aromatic carbocycles. The average molecular weight is 299 g/mol. The van der Waals surface area contributed by atoms with Crippen molar-refractivity contribution in [3.05, 3.63) is 46.4 Å². The minimum atomic E-state index is -0.186. The van der Waals surface area contributed by atoms with E-state index in [1.807, 2.05) is 35.0 Å². The lowest BCUT2D eigenvalue weighted by Gasteiger charge is -2.07. The second-order valence-electron chi connectivity index (χ2n) is 5.42. The van der Waals surface area contributed by atoms with Crippen LogP contribution in [0.3, 0.4) is 0 Å². The van der Waals surface area contributed by atoms with Gasteiger partial charge in [0.15, 0.2) is 0 Å². The summed E-state index contributed by atoms with van der Waals surface area (Å²) >= 11 is 0. The molecule has 2 aromatic rings. The predicted molar refractivity (Wildman–Crippen MR) is 87.8 cm³/mol. The number of rotatable bonds is 6. The second kappa shape index (κ2) is 6.72. The summed E-state index contributed by atoms with van der Waals surface area (Å²) in [5.41, 5.74) is 8.02. The van der Waals surface area contributed by atoms with Crippen LogP contribution in [0.5, 0.6) is 0 Å². The number of hydrogen-bond donors (Lipinski definition) is 3. The Morgan fingerprint density at radius 3 is 2.91 bits per heavy atom. The van der Waals surface area contributed by atoms with Crippen LogP contribution in [0.25, 0.3) is 11.1 Å². The summed E-state index contributed by atoms with van der Waals surface area (Å²) in [7, 11) is 0. The molecule has 0 saturated carbocycles. The Labute approximate surface area is 129 Å². The van der Waals surface area contributed by atoms with Crippen molar-refractivity contribution in [2.24, 2.45) is 5.73 Å². The number of aromatic nitrogens is 2. The third kappa shape index (κ3) is 3.18. The lowest BCUT2D eigenvalue weighted by atomic mass is 10.1. The molecule has 116 valence electrons. The molecule has 0 spiro atoms. The van der Waals surface area contributed by atoms with Crippen LogP contribution in [0.2, 0.25) is 0 Å². The molecule has 22 heavy (non-hydrogen) atoms. The minimum Gasteiger partial charge on any atom is -0.354 e. The van der Waals surface area contributed by atoms with Gasteiger partial charge in [-0.15, -0.1) is 0 Å². The number of nitrogens with one attached hydrogen (secondary N) is 2. The van der Waals surface area contributed by atoms with Crippen molar-refractivity contribution in [3.63, 3.8) is 0 Å². The zero-order valence-electron chi connectivity index (χ0n) is 12.5. The molecule has 6 nitrogen and oxygen atoms in total. The van der Waals surface area contributed by atoms with E-state index in [-0.39, 0.29) is 5.56 Å². The fourth-order valence-corrected chi connectivity index (χ4v) is 2.55. The van der Waals surface area contributed by atoms with Gasteiger partial charge in [-0.2, -0.15) is 4.98 Å². The van der Waals surface area contributed by atoms with E-state index in [1.54, 1.807) is 0 Å². The highest BCUT2D eigenvalue weighted by atomic mass is 16.1. The number of nitrogens with two attached hydrogens (primary N) is 1. The van der Waals surface area contributed by atoms with Gasteiger partial charge in [0.25, 0.3) is 5.56 Å². The molecule has 0 saturated heterocycles. The zero-order chi connectivity index (χ0) is 15.4. The van der Waals surface area contributed by atoms with Gasteiger partial charge in [-0.25, -0.2) is 0 Å². The van der Waals surface area contributed by atoms with Crippen molar-refractivity contribution in [2.45, 2.75) is 19.5 Å². The second-order valence-corrected chi connectivity index (χ2v) is 5.42. The summed E-state index contributed by atoms with van der Waals surface area (Å²) < 4.78 is 1.99. The molecule has 0 fully saturated rings. The molecule has 6 heteroatoms. The highest BCUT2D eigenvalue weighted by Gasteiger charge is 2.13. The van der Waals surface area contributed by atoms with Gasteiger partial charge in [0.2, 0.25) is 5.95 Å². The van der Waals surface area contributed by atoms with Crippen LogP contribution < -0.4 is 21.9 Å². The van der Waals surface area contributed by atoms with Crippen molar-refractivity contribution in [1.82, 2.24) is 14.9 Å². The molecule has 0 atom stereocenters. The molecule has 1 aliphatic heterocycles. The van der Waals surface area contributed by atoms with Gasteiger partial charge < -0.3 is 20.9 Å². The molecule has 0 aliphatic carbocycles. The smallest absolute Gasteiger partial charge is 0.282 e. The van der Waals surface area contributed by atoms with Crippen molar-refractivity contribution in [1.29, 1.82) is 0 Å². The van der Waals surface area contributed by atoms with Crippen LogP contribution in [0.4, 0.5) is 5.95 Å². The number of fused-ring (bicyclic) bond motifs is 1. The summed E-state index contributed by atoms with van der Waals surface area (Å²) in [6.45, 7) is 4.10. The lowest BCUT2D eigenvalue weighted by molar-refractivity contribution is 0.655. The quantitative estimate of drug-likeness (QED) is 0.686. The standard InChI is InChI=1S/C16H21N5O/c17-6-1-7-18-10-12-2-4-13(5-3-12)14-11-21-9-8-19-16(21)20-15(14)22/h2-5,11,18H,1,6-10,17H2,(H,19,20,22). The molecular formula is C16H21N5O. The van der Waals surface area contributed by atoms with Gasteiger partial charge >= 0.3 is 0 Å². The Kier molecular flexibility index (Phi) is 4.50. The largest absolute Gasteiger partial charge is 0.354 e. The Balaban J connectivity index is 1.74. The van der Waals surface area contributed by atoms with E-state index in [9.17, 15) is 4.79 Å². The average Bonchev–Trinajstić information content (AvgIpc) is 2.98. The fourth-order valence-electron chi connectivity index (χ4n) is 2.55. The summed E-state index contributed by atoms with van der Waals surface area (Å²) in [6.07, 6.45) is 2.86. The van der Waals surface area contributed by atoms with Crippen LogP contribution in [-0.2, 0) is 13.1 Å². The summed E-state index contributed by atoms with van der Waals surface area (Å²) in [5, 5.41) is 6.44. The predicted octanol–water partition coefficient (Wildman–Crippen LogP) is 0.774. The van der Waals surface area contributed by atoms with E-state index in [4.69, 9.17) is 5.73 Å². The number of nitrogens with zero attached hydrogens (tertiary/aromatic N) is 2. The summed E-state index contributed by atoms with van der Waals surface area (Å²) in [6, 6.07) is 8.04. The molecule has 0 radical (unpaired) electrons. The summed E-state index contributed by atoms with van der Waals surface area (Å²) in [5.74, 6) is 0.662. The van der Waals surface area contributed by atoms with Gasteiger partial charge in [0.1, 0.15) is 0 Å². The normalized spacial score (nSPS) is 13.0. The van der Waals surface area contributed by atoms with Gasteiger partial charge in [-0.3, -0.25) is 4.79 Å². The SMILES string of the molecule is NCCCNCc1ccc(-c2cn3c(nc2=O)NCC3)cc1. The third-order valence-electron chi connectivity index (χ3n) is 3.78. The van der Waals surface area contributed by atoms with Crippen molar-refractivity contribution >= 4 is 5.95 Å². The van der Waals surface area contributed by atoms with Gasteiger partial charge in [0.05, 0.1) is 5.56 Å². The number of benzene rings is 1. The maximum atomic E-state index is 12.1. The van der Waals surface area contributed by atoms with Gasteiger partial charge in [-0.05, 0) is 30.6 Å². The highest BCUT2D eigenvalue weighted by Crippen LogP contribution is 2.18. The Hall–Kier alpha value is -2.18. The van der Waals surface area contributed by atoms with E-state index >= 15 is 0 Å². The first kappa shape index (κ1) is 14.7. The molecule has 3 rings (SSSR count). The third-order valence-corrected chi connectivity index (χ3v) is 3.78. The molecule has 0 amide bonds. The van der Waals surface area contributed by atoms with Crippen LogP contribution in [0.1, 0.15) is 12.0 Å². The van der Waals surface area contributed by atoms with Gasteiger partial charge in [-0.1, -0.05) is 24.3 Å². The maximum Gasteiger partial charge on any atom is 0.282 e. The van der Waals surface area contributed by atoms with E-state index < -0.39 is 0 Å². The first-order chi connectivity index (χ1) is 10.8. The van der Waals surface area contributed by atoms with Crippen LogP contribution >= 0.6 is 0 Å². The van der Waals surface area contributed by atoms with E-state index in [0.29, 0.717) is 18.1 Å². The minimum absolute atomic E-state index is 0.186. The van der Waals surface area contributed by atoms with E-state index in [1.165, 1.54) is 5.56 Å². The molecule has 1 aromatic heterocycles. The highest BCUT2D eigenvalue weighted by molar-refractivity contribution is 5.62. The first-order valence-corrected chi connectivity index (χ1v) is 7.63. The molecule has 2 heterocycles. The van der Waals surface area contributed by atoms with Crippen LogP contribution in [0, 0.1) is 0 Å². The van der Waals surface area contributed by atoms with E-state index in [0.717, 1.165) is 38.2 Å². The monoisotopic (exact) mass is 299 g/mol. The fraction of sp³-hybridized carbons (Fsp3) is 0.375. The molecule has 0 unspecified atom stereocenters. The number of anilines is 1. The Bertz CT molecular complexity index is 693. The summed E-state index contributed by atoms with van der Waals surface area (Å²) in [4.78, 5) is 16.2. The Morgan fingerprint density at radius 2 is 2.14 bits per heavy atom. The molecule has 1 aliphatic rings. The van der Waals surface area contributed by atoms with Crippen LogP contribution in [0.15, 0.2) is 35.3 Å². The van der Waals surface area contributed by atoms with Crippen molar-refractivity contribution < 1.29 is 0 Å². The lowest BCUT2D eigenvalue weighted by Crippen LogP contribution is -2.17. The molecule has 4 N–H and O–H groups in total. The van der Waals surface area contributed by atoms with Crippen molar-refractivity contribution in [3.8, 4) is 11.1 Å². The van der Waals surface area contributed by atoms with E-state index in [2.05, 4.69) is 15.6 Å². The molecular weight excluding hydrogens is 278 g/mol. The van der Waals surface area contributed by atoms with Crippen LogP contribution in [-0.4, -0.2) is 29.2 Å². The topological polar surface area (TPSA) is 85.0 Å².